The smallest absolute Gasteiger partial charge is 0.0359 e. The second kappa shape index (κ2) is 4.30. The number of alkyl halides is 1. The Bertz CT molecular complexity index is 373. The van der Waals surface area contributed by atoms with Crippen LogP contribution in [-0.4, -0.2) is 3.92 Å². The quantitative estimate of drug-likeness (QED) is 0.537. The first-order valence-electron chi connectivity index (χ1n) is 4.84. The Morgan fingerprint density at radius 2 is 1.86 bits per heavy atom. The van der Waals surface area contributed by atoms with Crippen LogP contribution in [0.3, 0.4) is 0 Å². The van der Waals surface area contributed by atoms with E-state index in [1.54, 1.807) is 0 Å². The molecule has 0 fully saturated rings. The summed E-state index contributed by atoms with van der Waals surface area (Å²) in [5.41, 5.74) is 4.29. The molecule has 0 heterocycles. The first-order chi connectivity index (χ1) is 6.77. The first-order valence-corrected chi connectivity index (χ1v) is 6.09. The van der Waals surface area contributed by atoms with Crippen molar-refractivity contribution in [2.24, 2.45) is 0 Å². The number of hydrogen-bond donors (Lipinski definition) is 0. The van der Waals surface area contributed by atoms with Gasteiger partial charge in [-0.25, -0.2) is 0 Å². The van der Waals surface area contributed by atoms with E-state index in [0.717, 1.165) is 6.42 Å². The van der Waals surface area contributed by atoms with Crippen LogP contribution in [0.1, 0.15) is 18.9 Å². The van der Waals surface area contributed by atoms with Crippen molar-refractivity contribution in [1.29, 1.82) is 0 Å². The van der Waals surface area contributed by atoms with Crippen LogP contribution in [0.4, 0.5) is 0 Å². The van der Waals surface area contributed by atoms with E-state index in [0.29, 0.717) is 3.92 Å². The van der Waals surface area contributed by atoms with E-state index in [4.69, 9.17) is 0 Å². The van der Waals surface area contributed by atoms with Crippen molar-refractivity contribution in [2.75, 3.05) is 0 Å². The summed E-state index contributed by atoms with van der Waals surface area (Å²) < 4.78 is 0.660. The molecule has 0 spiro atoms. The second-order valence-corrected chi connectivity index (χ2v) is 5.14. The third-order valence-corrected chi connectivity index (χ3v) is 4.01. The fourth-order valence-corrected chi connectivity index (χ4v) is 2.31. The zero-order valence-corrected chi connectivity index (χ0v) is 10.4. The monoisotopic (exact) mass is 296 g/mol. The topological polar surface area (TPSA) is 0 Å². The van der Waals surface area contributed by atoms with Gasteiger partial charge in [-0.15, -0.1) is 0 Å². The van der Waals surface area contributed by atoms with Crippen molar-refractivity contribution in [2.45, 2.75) is 17.3 Å². The summed E-state index contributed by atoms with van der Waals surface area (Å²) in [6, 6.07) is 10.6. The summed E-state index contributed by atoms with van der Waals surface area (Å²) in [6.07, 6.45) is 5.65. The van der Waals surface area contributed by atoms with Crippen LogP contribution in [0.2, 0.25) is 0 Å². The minimum atomic E-state index is 0.660. The third-order valence-electron chi connectivity index (χ3n) is 2.59. The molecule has 0 saturated carbocycles. The molecule has 1 heteroatoms. The highest BCUT2D eigenvalue weighted by molar-refractivity contribution is 14.1. The van der Waals surface area contributed by atoms with Crippen LogP contribution in [0, 0.1) is 0 Å². The lowest BCUT2D eigenvalue weighted by Crippen LogP contribution is -2.04. The van der Waals surface area contributed by atoms with Crippen LogP contribution < -0.4 is 0 Å². The van der Waals surface area contributed by atoms with E-state index >= 15 is 0 Å². The van der Waals surface area contributed by atoms with Crippen LogP contribution in [0.25, 0.3) is 5.57 Å². The summed E-state index contributed by atoms with van der Waals surface area (Å²) in [5, 5.41) is 0. The van der Waals surface area contributed by atoms with Gasteiger partial charge in [0.1, 0.15) is 0 Å². The van der Waals surface area contributed by atoms with E-state index in [9.17, 15) is 0 Å². The van der Waals surface area contributed by atoms with E-state index in [2.05, 4.69) is 72.0 Å². The largest absolute Gasteiger partial charge is 0.0774 e. The molecule has 0 N–H and O–H groups in total. The Morgan fingerprint density at radius 1 is 1.14 bits per heavy atom. The molecule has 1 aliphatic rings. The van der Waals surface area contributed by atoms with Gasteiger partial charge in [-0.2, -0.15) is 0 Å². The lowest BCUT2D eigenvalue weighted by molar-refractivity contribution is 1.03. The third kappa shape index (κ3) is 2.08. The normalized spacial score (nSPS) is 21.4. The van der Waals surface area contributed by atoms with E-state index in [-0.39, 0.29) is 0 Å². The van der Waals surface area contributed by atoms with Crippen LogP contribution in [0.15, 0.2) is 48.1 Å². The maximum absolute atomic E-state index is 2.52. The van der Waals surface area contributed by atoms with Crippen molar-refractivity contribution >= 4 is 28.2 Å². The van der Waals surface area contributed by atoms with E-state index < -0.39 is 0 Å². The summed E-state index contributed by atoms with van der Waals surface area (Å²) >= 11 is 2.52. The SMILES string of the molecule is CC1=CC=C(c2ccccc2)CC1I. The predicted octanol–water partition coefficient (Wildman–Crippen LogP) is 4.22. The summed E-state index contributed by atoms with van der Waals surface area (Å²) in [6.45, 7) is 2.20. The fraction of sp³-hybridized carbons (Fsp3) is 0.231. The first kappa shape index (κ1) is 9.97. The van der Waals surface area contributed by atoms with Gasteiger partial charge in [-0.3, -0.25) is 0 Å². The van der Waals surface area contributed by atoms with Gasteiger partial charge >= 0.3 is 0 Å². The fourth-order valence-electron chi connectivity index (χ4n) is 1.62. The molecule has 0 radical (unpaired) electrons. The van der Waals surface area contributed by atoms with Gasteiger partial charge in [0, 0.05) is 3.92 Å². The van der Waals surface area contributed by atoms with Crippen molar-refractivity contribution in [3.8, 4) is 0 Å². The van der Waals surface area contributed by atoms with Gasteiger partial charge in [0.05, 0.1) is 0 Å². The summed E-state index contributed by atoms with van der Waals surface area (Å²) in [5.74, 6) is 0. The van der Waals surface area contributed by atoms with Gasteiger partial charge in [0.15, 0.2) is 0 Å². The van der Waals surface area contributed by atoms with E-state index in [1.807, 2.05) is 0 Å². The van der Waals surface area contributed by atoms with Crippen molar-refractivity contribution < 1.29 is 0 Å². The van der Waals surface area contributed by atoms with E-state index in [1.165, 1.54) is 16.7 Å². The van der Waals surface area contributed by atoms with Gasteiger partial charge < -0.3 is 0 Å². The molecule has 1 atom stereocenters. The Labute approximate surface area is 98.9 Å². The van der Waals surface area contributed by atoms with Gasteiger partial charge in [0.25, 0.3) is 0 Å². The van der Waals surface area contributed by atoms with Gasteiger partial charge in [-0.1, -0.05) is 70.6 Å². The number of allylic oxidation sites excluding steroid dienone is 4. The molecule has 2 rings (SSSR count). The molecule has 14 heavy (non-hydrogen) atoms. The zero-order valence-electron chi connectivity index (χ0n) is 8.20. The lowest BCUT2D eigenvalue weighted by Gasteiger charge is -2.17. The molecule has 1 aromatic carbocycles. The standard InChI is InChI=1S/C13H13I/c1-10-7-8-12(9-13(10)14)11-5-3-2-4-6-11/h2-8,13H,9H2,1H3. The van der Waals surface area contributed by atoms with Crippen LogP contribution in [-0.2, 0) is 0 Å². The average molecular weight is 296 g/mol. The molecule has 0 aromatic heterocycles. The Hall–Kier alpha value is -0.570. The number of benzene rings is 1. The molecular formula is C13H13I. The van der Waals surface area contributed by atoms with Crippen LogP contribution in [0.5, 0.6) is 0 Å². The highest BCUT2D eigenvalue weighted by Gasteiger charge is 2.13. The Morgan fingerprint density at radius 3 is 2.50 bits per heavy atom. The number of rotatable bonds is 1. The minimum Gasteiger partial charge on any atom is -0.0774 e. The average Bonchev–Trinajstić information content (AvgIpc) is 2.23. The maximum atomic E-state index is 2.52. The molecule has 0 nitrogen and oxygen atoms in total. The highest BCUT2D eigenvalue weighted by atomic mass is 127. The predicted molar refractivity (Wildman–Crippen MR) is 70.6 cm³/mol. The molecule has 1 aromatic rings. The molecule has 0 saturated heterocycles. The number of hydrogen-bond acceptors (Lipinski definition) is 0. The number of halogens is 1. The van der Waals surface area contributed by atoms with Gasteiger partial charge in [-0.05, 0) is 24.5 Å². The maximum Gasteiger partial charge on any atom is 0.0359 e. The second-order valence-electron chi connectivity index (χ2n) is 3.64. The van der Waals surface area contributed by atoms with Gasteiger partial charge in [0.2, 0.25) is 0 Å². The minimum absolute atomic E-state index is 0.660. The highest BCUT2D eigenvalue weighted by Crippen LogP contribution is 2.30. The van der Waals surface area contributed by atoms with Crippen molar-refractivity contribution in [3.63, 3.8) is 0 Å². The lowest BCUT2D eigenvalue weighted by atomic mass is 9.94. The molecule has 1 aliphatic carbocycles. The zero-order chi connectivity index (χ0) is 9.97. The molecule has 0 aliphatic heterocycles. The summed E-state index contributed by atoms with van der Waals surface area (Å²) in [4.78, 5) is 0. The molecule has 1 unspecified atom stereocenters. The molecular weight excluding hydrogens is 283 g/mol. The van der Waals surface area contributed by atoms with Crippen molar-refractivity contribution in [3.05, 3.63) is 53.6 Å². The van der Waals surface area contributed by atoms with Crippen molar-refractivity contribution in [1.82, 2.24) is 0 Å². The molecule has 0 amide bonds. The Kier molecular flexibility index (Phi) is 3.06. The van der Waals surface area contributed by atoms with Crippen LogP contribution >= 0.6 is 22.6 Å². The molecule has 72 valence electrons. The summed E-state index contributed by atoms with van der Waals surface area (Å²) in [7, 11) is 0. The Balaban J connectivity index is 2.30. The molecule has 0 bridgehead atoms.